The average molecular weight is 237 g/mol. The molecular formula is C13H19NO3. The third kappa shape index (κ3) is 5.36. The fourth-order valence-electron chi connectivity index (χ4n) is 1.28. The maximum Gasteiger partial charge on any atom is 0.258 e. The van der Waals surface area contributed by atoms with Crippen LogP contribution < -0.4 is 10.1 Å². The Morgan fingerprint density at radius 3 is 2.94 bits per heavy atom. The quantitative estimate of drug-likeness (QED) is 0.783. The number of hydrogen-bond acceptors (Lipinski definition) is 3. The molecule has 0 aliphatic heterocycles. The lowest BCUT2D eigenvalue weighted by molar-refractivity contribution is -0.123. The Hall–Kier alpha value is -1.55. The molecule has 0 aliphatic carbocycles. The van der Waals surface area contributed by atoms with Crippen molar-refractivity contribution in [2.24, 2.45) is 0 Å². The second-order valence-corrected chi connectivity index (χ2v) is 3.97. The molecule has 1 atom stereocenters. The SMILES string of the molecule is CCC(O)CNC(=O)COc1cccc(C)c1. The van der Waals surface area contributed by atoms with Crippen LogP contribution in [0.15, 0.2) is 24.3 Å². The average Bonchev–Trinajstić information content (AvgIpc) is 2.33. The number of aryl methyl sites for hydroxylation is 1. The van der Waals surface area contributed by atoms with Crippen LogP contribution in [0.25, 0.3) is 0 Å². The Morgan fingerprint density at radius 2 is 2.29 bits per heavy atom. The Labute approximate surface area is 102 Å². The van der Waals surface area contributed by atoms with Gasteiger partial charge >= 0.3 is 0 Å². The van der Waals surface area contributed by atoms with E-state index in [1.165, 1.54) is 0 Å². The van der Waals surface area contributed by atoms with E-state index in [-0.39, 0.29) is 19.1 Å². The van der Waals surface area contributed by atoms with Crippen molar-refractivity contribution in [2.45, 2.75) is 26.4 Å². The van der Waals surface area contributed by atoms with Crippen LogP contribution in [0.2, 0.25) is 0 Å². The molecule has 4 heteroatoms. The zero-order valence-corrected chi connectivity index (χ0v) is 10.3. The van der Waals surface area contributed by atoms with Crippen molar-refractivity contribution in [3.05, 3.63) is 29.8 Å². The van der Waals surface area contributed by atoms with Gasteiger partial charge in [-0.1, -0.05) is 19.1 Å². The summed E-state index contributed by atoms with van der Waals surface area (Å²) in [6, 6.07) is 7.52. The van der Waals surface area contributed by atoms with E-state index < -0.39 is 6.10 Å². The Balaban J connectivity index is 2.28. The number of benzene rings is 1. The summed E-state index contributed by atoms with van der Waals surface area (Å²) < 4.78 is 5.32. The van der Waals surface area contributed by atoms with Gasteiger partial charge in [0.15, 0.2) is 6.61 Å². The molecule has 1 rings (SSSR count). The van der Waals surface area contributed by atoms with E-state index in [1.807, 2.05) is 32.0 Å². The molecule has 0 fully saturated rings. The third-order valence-electron chi connectivity index (χ3n) is 2.37. The van der Waals surface area contributed by atoms with Gasteiger partial charge in [-0.25, -0.2) is 0 Å². The Morgan fingerprint density at radius 1 is 1.53 bits per heavy atom. The summed E-state index contributed by atoms with van der Waals surface area (Å²) in [5.41, 5.74) is 1.09. The minimum Gasteiger partial charge on any atom is -0.484 e. The van der Waals surface area contributed by atoms with Gasteiger partial charge in [0.25, 0.3) is 5.91 Å². The van der Waals surface area contributed by atoms with E-state index in [9.17, 15) is 9.90 Å². The third-order valence-corrected chi connectivity index (χ3v) is 2.37. The number of carbonyl (C=O) groups excluding carboxylic acids is 1. The maximum absolute atomic E-state index is 11.4. The molecule has 0 saturated heterocycles. The smallest absolute Gasteiger partial charge is 0.258 e. The highest BCUT2D eigenvalue weighted by atomic mass is 16.5. The van der Waals surface area contributed by atoms with Gasteiger partial charge in [0.2, 0.25) is 0 Å². The van der Waals surface area contributed by atoms with E-state index in [2.05, 4.69) is 5.32 Å². The summed E-state index contributed by atoms with van der Waals surface area (Å²) in [6.07, 6.45) is 0.136. The van der Waals surface area contributed by atoms with Gasteiger partial charge in [0.05, 0.1) is 6.10 Å². The highest BCUT2D eigenvalue weighted by molar-refractivity contribution is 5.77. The molecule has 0 radical (unpaired) electrons. The summed E-state index contributed by atoms with van der Waals surface area (Å²) in [4.78, 5) is 11.4. The molecule has 94 valence electrons. The number of nitrogens with one attached hydrogen (secondary N) is 1. The number of aliphatic hydroxyl groups is 1. The first-order chi connectivity index (χ1) is 8.11. The predicted octanol–water partition coefficient (Wildman–Crippen LogP) is 1.26. The summed E-state index contributed by atoms with van der Waals surface area (Å²) >= 11 is 0. The molecule has 0 heterocycles. The lowest BCUT2D eigenvalue weighted by atomic mass is 10.2. The monoisotopic (exact) mass is 237 g/mol. The first-order valence-electron chi connectivity index (χ1n) is 5.76. The van der Waals surface area contributed by atoms with Crippen molar-refractivity contribution in [2.75, 3.05) is 13.2 Å². The molecule has 0 aliphatic rings. The van der Waals surface area contributed by atoms with Gasteiger partial charge < -0.3 is 15.2 Å². The molecule has 0 bridgehead atoms. The van der Waals surface area contributed by atoms with Gasteiger partial charge in [-0.2, -0.15) is 0 Å². The molecule has 1 unspecified atom stereocenters. The number of aliphatic hydroxyl groups excluding tert-OH is 1. The molecule has 0 spiro atoms. The minimum absolute atomic E-state index is 0.0279. The summed E-state index contributed by atoms with van der Waals surface area (Å²) in [5.74, 6) is 0.454. The second kappa shape index (κ2) is 6.91. The molecule has 17 heavy (non-hydrogen) atoms. The summed E-state index contributed by atoms with van der Waals surface area (Å²) in [5, 5.41) is 11.9. The van der Waals surface area contributed by atoms with Crippen LogP contribution in [0.5, 0.6) is 5.75 Å². The number of rotatable bonds is 6. The molecule has 1 aromatic rings. The largest absolute Gasteiger partial charge is 0.484 e. The molecule has 2 N–H and O–H groups in total. The van der Waals surface area contributed by atoms with Gasteiger partial charge in [0, 0.05) is 6.54 Å². The second-order valence-electron chi connectivity index (χ2n) is 3.97. The van der Waals surface area contributed by atoms with Crippen LogP contribution in [0.1, 0.15) is 18.9 Å². The summed E-state index contributed by atoms with van der Waals surface area (Å²) in [7, 11) is 0. The lowest BCUT2D eigenvalue weighted by Crippen LogP contribution is -2.35. The number of hydrogen-bond donors (Lipinski definition) is 2. The van der Waals surface area contributed by atoms with Crippen molar-refractivity contribution in [1.29, 1.82) is 0 Å². The van der Waals surface area contributed by atoms with Crippen molar-refractivity contribution >= 4 is 5.91 Å². The van der Waals surface area contributed by atoms with Crippen LogP contribution in [-0.2, 0) is 4.79 Å². The zero-order chi connectivity index (χ0) is 12.7. The zero-order valence-electron chi connectivity index (χ0n) is 10.3. The topological polar surface area (TPSA) is 58.6 Å². The van der Waals surface area contributed by atoms with Gasteiger partial charge in [-0.05, 0) is 31.0 Å². The molecule has 4 nitrogen and oxygen atoms in total. The molecule has 0 aromatic heterocycles. The van der Waals surface area contributed by atoms with Crippen LogP contribution in [0.4, 0.5) is 0 Å². The highest BCUT2D eigenvalue weighted by Gasteiger charge is 2.05. The highest BCUT2D eigenvalue weighted by Crippen LogP contribution is 2.11. The molecule has 0 saturated carbocycles. The normalized spacial score (nSPS) is 11.9. The van der Waals surface area contributed by atoms with Crippen molar-refractivity contribution in [3.8, 4) is 5.75 Å². The standard InChI is InChI=1S/C13H19NO3/c1-3-11(15)8-14-13(16)9-17-12-6-4-5-10(2)7-12/h4-7,11,15H,3,8-9H2,1-2H3,(H,14,16). The van der Waals surface area contributed by atoms with E-state index in [4.69, 9.17) is 4.74 Å². The van der Waals surface area contributed by atoms with Crippen LogP contribution in [0, 0.1) is 6.92 Å². The first kappa shape index (κ1) is 13.5. The van der Waals surface area contributed by atoms with E-state index in [1.54, 1.807) is 6.07 Å². The lowest BCUT2D eigenvalue weighted by Gasteiger charge is -2.10. The van der Waals surface area contributed by atoms with Gasteiger partial charge in [-0.15, -0.1) is 0 Å². The minimum atomic E-state index is -0.488. The van der Waals surface area contributed by atoms with Crippen LogP contribution in [-0.4, -0.2) is 30.3 Å². The Bertz CT molecular complexity index is 365. The molecule has 1 aromatic carbocycles. The van der Waals surface area contributed by atoms with E-state index >= 15 is 0 Å². The van der Waals surface area contributed by atoms with Crippen molar-refractivity contribution in [1.82, 2.24) is 5.32 Å². The van der Waals surface area contributed by atoms with E-state index in [0.29, 0.717) is 12.2 Å². The van der Waals surface area contributed by atoms with Gasteiger partial charge in [0.1, 0.15) is 5.75 Å². The molecule has 1 amide bonds. The number of amides is 1. The van der Waals surface area contributed by atoms with Gasteiger partial charge in [-0.3, -0.25) is 4.79 Å². The fourth-order valence-corrected chi connectivity index (χ4v) is 1.28. The Kier molecular flexibility index (Phi) is 5.49. The number of carbonyl (C=O) groups is 1. The fraction of sp³-hybridized carbons (Fsp3) is 0.462. The number of ether oxygens (including phenoxy) is 1. The summed E-state index contributed by atoms with van der Waals surface area (Å²) in [6.45, 7) is 4.07. The van der Waals surface area contributed by atoms with Crippen molar-refractivity contribution in [3.63, 3.8) is 0 Å². The van der Waals surface area contributed by atoms with Crippen LogP contribution >= 0.6 is 0 Å². The molecular weight excluding hydrogens is 218 g/mol. The first-order valence-corrected chi connectivity index (χ1v) is 5.76. The predicted molar refractivity (Wildman–Crippen MR) is 66.0 cm³/mol. The van der Waals surface area contributed by atoms with Crippen molar-refractivity contribution < 1.29 is 14.6 Å². The maximum atomic E-state index is 11.4. The van der Waals surface area contributed by atoms with E-state index in [0.717, 1.165) is 5.56 Å². The van der Waals surface area contributed by atoms with Crippen LogP contribution in [0.3, 0.4) is 0 Å².